The van der Waals surface area contributed by atoms with Crippen LogP contribution in [0, 0.1) is 5.92 Å². The number of benzene rings is 5. The Kier molecular flexibility index (Phi) is 10.9. The van der Waals surface area contributed by atoms with Crippen molar-refractivity contribution in [2.75, 3.05) is 33.6 Å². The second-order valence-electron chi connectivity index (χ2n) is 14.5. The summed E-state index contributed by atoms with van der Waals surface area (Å²) >= 11 is 0. The third-order valence-electron chi connectivity index (χ3n) is 10.7. The summed E-state index contributed by atoms with van der Waals surface area (Å²) in [6.07, 6.45) is 3.87. The van der Waals surface area contributed by atoms with Crippen LogP contribution in [0.1, 0.15) is 56.3 Å². The number of nitrogens with one attached hydrogen (secondary N) is 2. The summed E-state index contributed by atoms with van der Waals surface area (Å²) in [5, 5.41) is 28.3. The molecule has 290 valence electrons. The quantitative estimate of drug-likeness (QED) is 0.0738. The van der Waals surface area contributed by atoms with Crippen LogP contribution >= 0.6 is 0 Å². The lowest BCUT2D eigenvalue weighted by Crippen LogP contribution is -2.46. The Morgan fingerprint density at radius 1 is 0.825 bits per heavy atom. The molecule has 5 aromatic rings. The lowest BCUT2D eigenvalue weighted by Gasteiger charge is -2.36. The highest BCUT2D eigenvalue weighted by molar-refractivity contribution is 6.09. The number of nitrogen functional groups attached to an aromatic ring is 2. The fraction of sp³-hybridized carbons (Fsp3) is 0.200. The molecule has 8 N–H and O–H groups in total. The maximum absolute atomic E-state index is 14.4. The summed E-state index contributed by atoms with van der Waals surface area (Å²) in [5.41, 5.74) is 16.0. The minimum absolute atomic E-state index is 0.00273. The first-order valence-corrected chi connectivity index (χ1v) is 18.7. The van der Waals surface area contributed by atoms with E-state index in [0.717, 1.165) is 16.7 Å². The van der Waals surface area contributed by atoms with Gasteiger partial charge in [-0.3, -0.25) is 19.2 Å². The average Bonchev–Trinajstić information content (AvgIpc) is 3.43. The zero-order chi connectivity index (χ0) is 40.3. The smallest absolute Gasteiger partial charge is 0.264 e. The van der Waals surface area contributed by atoms with E-state index in [0.29, 0.717) is 58.1 Å². The zero-order valence-electron chi connectivity index (χ0n) is 31.4. The molecular weight excluding hydrogens is 721 g/mol. The molecule has 7 rings (SSSR count). The molecule has 12 heteroatoms. The van der Waals surface area contributed by atoms with Crippen molar-refractivity contribution in [1.29, 1.82) is 0 Å². The molecule has 2 heterocycles. The van der Waals surface area contributed by atoms with E-state index in [-0.39, 0.29) is 37.4 Å². The third kappa shape index (κ3) is 7.99. The molecule has 5 aromatic carbocycles. The largest absolute Gasteiger partial charge is 0.399 e. The molecule has 2 aliphatic rings. The second-order valence-corrected chi connectivity index (χ2v) is 14.5. The maximum atomic E-state index is 14.4. The van der Waals surface area contributed by atoms with Gasteiger partial charge in [0, 0.05) is 58.3 Å². The van der Waals surface area contributed by atoms with Gasteiger partial charge in [0.15, 0.2) is 5.60 Å². The summed E-state index contributed by atoms with van der Waals surface area (Å²) in [6, 6.07) is 32.6. The van der Waals surface area contributed by atoms with E-state index in [2.05, 4.69) is 10.6 Å². The van der Waals surface area contributed by atoms with Crippen LogP contribution in [0.3, 0.4) is 0 Å². The lowest BCUT2D eigenvalue weighted by atomic mass is 9.82. The van der Waals surface area contributed by atoms with Crippen LogP contribution in [0.5, 0.6) is 0 Å². The van der Waals surface area contributed by atoms with Gasteiger partial charge in [-0.25, -0.2) is 0 Å². The van der Waals surface area contributed by atoms with E-state index in [1.807, 2.05) is 24.3 Å². The third-order valence-corrected chi connectivity index (χ3v) is 10.7. The van der Waals surface area contributed by atoms with Crippen LogP contribution in [0.25, 0.3) is 0 Å². The van der Waals surface area contributed by atoms with E-state index in [1.54, 1.807) is 115 Å². The van der Waals surface area contributed by atoms with E-state index >= 15 is 0 Å². The van der Waals surface area contributed by atoms with Gasteiger partial charge in [0.05, 0.1) is 24.9 Å². The van der Waals surface area contributed by atoms with Crippen LogP contribution < -0.4 is 27.0 Å². The van der Waals surface area contributed by atoms with Crippen LogP contribution in [0.4, 0.5) is 28.4 Å². The predicted octanol–water partition coefficient (Wildman–Crippen LogP) is 5.62. The molecule has 57 heavy (non-hydrogen) atoms. The molecule has 12 nitrogen and oxygen atoms in total. The lowest BCUT2D eigenvalue weighted by molar-refractivity contribution is -0.139. The number of nitrogens with zero attached hydrogens (tertiary/aromatic N) is 2. The molecule has 0 aromatic heterocycles. The van der Waals surface area contributed by atoms with Gasteiger partial charge in [-0.1, -0.05) is 55.5 Å². The van der Waals surface area contributed by atoms with Crippen molar-refractivity contribution >= 4 is 52.1 Å². The molecule has 0 fully saturated rings. The number of fused-ring (bicyclic) bond motifs is 2. The second kappa shape index (κ2) is 16.1. The molecule has 0 aliphatic carbocycles. The summed E-state index contributed by atoms with van der Waals surface area (Å²) in [6.45, 7) is 2.03. The number of rotatable bonds is 11. The highest BCUT2D eigenvalue weighted by Gasteiger charge is 2.52. The van der Waals surface area contributed by atoms with E-state index in [1.165, 1.54) is 4.90 Å². The SMILES string of the molecule is C[C@@H](/C=C/CC(=O)N1Cc2ccccc2C[C@H]1CO)[C@]1(O)C(=O)N(Cc2ccc(NC(=O)c3ccc(N)cc3)cc2)c2ccc(NC(=O)c3ccc(N)cc3)cc21. The number of amides is 4. The highest BCUT2D eigenvalue weighted by Crippen LogP contribution is 2.47. The Balaban J connectivity index is 1.12. The normalized spacial score (nSPS) is 17.9. The Morgan fingerprint density at radius 3 is 2.02 bits per heavy atom. The van der Waals surface area contributed by atoms with Crippen molar-refractivity contribution in [1.82, 2.24) is 4.90 Å². The van der Waals surface area contributed by atoms with Gasteiger partial charge in [0.25, 0.3) is 17.7 Å². The van der Waals surface area contributed by atoms with Gasteiger partial charge in [0.1, 0.15) is 0 Å². The topological polar surface area (TPSA) is 191 Å². The van der Waals surface area contributed by atoms with Crippen molar-refractivity contribution < 1.29 is 29.4 Å². The maximum Gasteiger partial charge on any atom is 0.264 e. The summed E-state index contributed by atoms with van der Waals surface area (Å²) in [4.78, 5) is 57.0. The molecule has 0 unspecified atom stereocenters. The van der Waals surface area contributed by atoms with Crippen molar-refractivity contribution in [2.45, 2.75) is 44.5 Å². The van der Waals surface area contributed by atoms with E-state index in [9.17, 15) is 29.4 Å². The van der Waals surface area contributed by atoms with Gasteiger partial charge in [-0.05, 0) is 102 Å². The Bertz CT molecular complexity index is 2340. The first-order chi connectivity index (χ1) is 27.4. The molecule has 0 radical (unpaired) electrons. The highest BCUT2D eigenvalue weighted by atomic mass is 16.3. The number of aliphatic hydroxyl groups excluding tert-OH is 1. The first-order valence-electron chi connectivity index (χ1n) is 18.7. The van der Waals surface area contributed by atoms with Crippen molar-refractivity contribution in [3.05, 3.63) is 161 Å². The van der Waals surface area contributed by atoms with Crippen molar-refractivity contribution in [3.8, 4) is 0 Å². The number of carbonyl (C=O) groups is 4. The van der Waals surface area contributed by atoms with Gasteiger partial charge >= 0.3 is 0 Å². The number of nitrogens with two attached hydrogens (primary N) is 2. The molecule has 0 spiro atoms. The number of hydrogen-bond acceptors (Lipinski definition) is 8. The number of carbonyl (C=O) groups excluding carboxylic acids is 4. The molecule has 2 aliphatic heterocycles. The Labute approximate surface area is 330 Å². The van der Waals surface area contributed by atoms with E-state index < -0.39 is 23.3 Å². The molecular formula is C45H44N6O6. The average molecular weight is 765 g/mol. The van der Waals surface area contributed by atoms with Gasteiger partial charge in [-0.15, -0.1) is 0 Å². The molecule has 0 saturated carbocycles. The van der Waals surface area contributed by atoms with Crippen LogP contribution in [0.15, 0.2) is 127 Å². The van der Waals surface area contributed by atoms with Crippen LogP contribution in [0.2, 0.25) is 0 Å². The predicted molar refractivity (Wildman–Crippen MR) is 220 cm³/mol. The molecule has 0 bridgehead atoms. The van der Waals surface area contributed by atoms with E-state index in [4.69, 9.17) is 11.5 Å². The molecule has 3 atom stereocenters. The number of anilines is 5. The summed E-state index contributed by atoms with van der Waals surface area (Å²) < 4.78 is 0. The van der Waals surface area contributed by atoms with Crippen molar-refractivity contribution in [2.24, 2.45) is 5.92 Å². The standard InChI is InChI=1S/C45H44N6O6/c1-28(5-4-8-41(53)50-26-33-7-3-2-6-32(33)23-38(50)27-52)45(57)39-24-37(49-43(55)31-13-17-35(47)18-14-31)21-22-40(39)51(44(45)56)25-29-9-19-36(20-10-29)48-42(54)30-11-15-34(46)16-12-30/h2-7,9-22,24,28,38,52,57H,8,23,25-27,46-47H2,1H3,(H,48,54)(H,49,55)/b5-4+/t28-,38-,45+/m0/s1. The fourth-order valence-corrected chi connectivity index (χ4v) is 7.41. The first kappa shape index (κ1) is 38.5. The summed E-state index contributed by atoms with van der Waals surface area (Å²) in [5.74, 6) is -2.24. The van der Waals surface area contributed by atoms with Crippen LogP contribution in [-0.2, 0) is 34.7 Å². The monoisotopic (exact) mass is 764 g/mol. The Morgan fingerprint density at radius 2 is 1.40 bits per heavy atom. The van der Waals surface area contributed by atoms with Gasteiger partial charge in [0.2, 0.25) is 5.91 Å². The number of hydrogen-bond donors (Lipinski definition) is 6. The number of aliphatic hydroxyl groups is 2. The zero-order valence-corrected chi connectivity index (χ0v) is 31.4. The van der Waals surface area contributed by atoms with Crippen LogP contribution in [-0.4, -0.2) is 51.4 Å². The van der Waals surface area contributed by atoms with Gasteiger partial charge < -0.3 is 42.1 Å². The van der Waals surface area contributed by atoms with Gasteiger partial charge in [-0.2, -0.15) is 0 Å². The molecule has 4 amide bonds. The molecule has 0 saturated heterocycles. The summed E-state index contributed by atoms with van der Waals surface area (Å²) in [7, 11) is 0. The van der Waals surface area contributed by atoms with Crippen molar-refractivity contribution in [3.63, 3.8) is 0 Å². The Hall–Kier alpha value is -6.76. The fourth-order valence-electron chi connectivity index (χ4n) is 7.41. The minimum Gasteiger partial charge on any atom is -0.399 e. The minimum atomic E-state index is -2.05.